The van der Waals surface area contributed by atoms with Crippen LogP contribution >= 0.6 is 11.8 Å². The first-order chi connectivity index (χ1) is 15.1. The highest BCUT2D eigenvalue weighted by Crippen LogP contribution is 2.31. The van der Waals surface area contributed by atoms with Crippen LogP contribution in [0, 0.1) is 16.0 Å². The van der Waals surface area contributed by atoms with Crippen molar-refractivity contribution >= 4 is 40.1 Å². The Morgan fingerprint density at radius 3 is 2.59 bits per heavy atom. The number of nitrogens with one attached hydrogen (secondary N) is 1. The molecule has 168 valence electrons. The Hall–Kier alpha value is -3.47. The lowest BCUT2D eigenvalue weighted by atomic mass is 10.2. The Bertz CT molecular complexity index is 1330. The standard InChI is InChI=1S/C21H23N5O5S/c1-12(2)7-8-32-17-6-5-13(9-16(17)26(30)31)19(27)23-14-10-15-18(22-11-14)24(3)21(29)25(4)20(15)28/h5-6,9-12H,7-8H2,1-4H3,(H,23,27). The van der Waals surface area contributed by atoms with Gasteiger partial charge in [-0.1, -0.05) is 13.8 Å². The minimum Gasteiger partial charge on any atom is -0.321 e. The highest BCUT2D eigenvalue weighted by atomic mass is 32.2. The largest absolute Gasteiger partial charge is 0.332 e. The van der Waals surface area contributed by atoms with Crippen LogP contribution in [0.5, 0.6) is 0 Å². The van der Waals surface area contributed by atoms with Crippen molar-refractivity contribution in [1.29, 1.82) is 0 Å². The van der Waals surface area contributed by atoms with Gasteiger partial charge in [0.15, 0.2) is 0 Å². The zero-order valence-corrected chi connectivity index (χ0v) is 18.9. The van der Waals surface area contributed by atoms with Gasteiger partial charge in [0.1, 0.15) is 5.65 Å². The molecule has 0 fully saturated rings. The van der Waals surface area contributed by atoms with Crippen molar-refractivity contribution in [3.8, 4) is 0 Å². The summed E-state index contributed by atoms with van der Waals surface area (Å²) in [5.74, 6) is 0.653. The Morgan fingerprint density at radius 1 is 1.22 bits per heavy atom. The number of aromatic nitrogens is 3. The van der Waals surface area contributed by atoms with E-state index >= 15 is 0 Å². The van der Waals surface area contributed by atoms with Crippen LogP contribution in [0.25, 0.3) is 11.0 Å². The van der Waals surface area contributed by atoms with Crippen LogP contribution in [0.15, 0.2) is 44.9 Å². The van der Waals surface area contributed by atoms with Crippen molar-refractivity contribution in [2.45, 2.75) is 25.2 Å². The average molecular weight is 458 g/mol. The molecule has 32 heavy (non-hydrogen) atoms. The summed E-state index contributed by atoms with van der Waals surface area (Å²) in [7, 11) is 2.85. The van der Waals surface area contributed by atoms with Gasteiger partial charge in [-0.2, -0.15) is 0 Å². The Morgan fingerprint density at radius 2 is 1.94 bits per heavy atom. The summed E-state index contributed by atoms with van der Waals surface area (Å²) >= 11 is 1.39. The number of carbonyl (C=O) groups is 1. The predicted molar refractivity (Wildman–Crippen MR) is 123 cm³/mol. The van der Waals surface area contributed by atoms with Gasteiger partial charge < -0.3 is 5.32 Å². The first-order valence-electron chi connectivity index (χ1n) is 9.88. The van der Waals surface area contributed by atoms with Crippen LogP contribution in [0.4, 0.5) is 11.4 Å². The number of pyridine rings is 1. The fourth-order valence-electron chi connectivity index (χ4n) is 3.06. The number of anilines is 1. The minimum absolute atomic E-state index is 0.110. The Labute approximate surface area is 187 Å². The molecular formula is C21H23N5O5S. The van der Waals surface area contributed by atoms with Gasteiger partial charge in [0, 0.05) is 25.7 Å². The van der Waals surface area contributed by atoms with Gasteiger partial charge in [-0.3, -0.25) is 28.8 Å². The number of rotatable bonds is 7. The Balaban J connectivity index is 1.89. The molecule has 0 spiro atoms. The highest BCUT2D eigenvalue weighted by Gasteiger charge is 2.19. The highest BCUT2D eigenvalue weighted by molar-refractivity contribution is 7.99. The van der Waals surface area contributed by atoms with E-state index in [1.54, 1.807) is 6.07 Å². The van der Waals surface area contributed by atoms with E-state index in [0.717, 1.165) is 16.7 Å². The van der Waals surface area contributed by atoms with Crippen LogP contribution in [-0.4, -0.2) is 30.7 Å². The quantitative estimate of drug-likeness (QED) is 0.328. The third kappa shape index (κ3) is 4.72. The molecule has 0 aliphatic rings. The molecule has 0 saturated carbocycles. The van der Waals surface area contributed by atoms with E-state index in [9.17, 15) is 24.5 Å². The van der Waals surface area contributed by atoms with Crippen molar-refractivity contribution in [3.05, 3.63) is 67.0 Å². The average Bonchev–Trinajstić information content (AvgIpc) is 2.75. The second-order valence-electron chi connectivity index (χ2n) is 7.73. The molecule has 0 atom stereocenters. The van der Waals surface area contributed by atoms with Crippen molar-refractivity contribution in [2.24, 2.45) is 20.0 Å². The summed E-state index contributed by atoms with van der Waals surface area (Å²) in [6, 6.07) is 5.76. The fourth-order valence-corrected chi connectivity index (χ4v) is 4.32. The number of hydrogen-bond donors (Lipinski definition) is 1. The lowest BCUT2D eigenvalue weighted by molar-refractivity contribution is -0.387. The van der Waals surface area contributed by atoms with Gasteiger partial charge in [0.25, 0.3) is 17.2 Å². The van der Waals surface area contributed by atoms with Crippen LogP contribution in [0.1, 0.15) is 30.6 Å². The maximum absolute atomic E-state index is 12.7. The molecule has 1 amide bonds. The molecule has 1 aromatic carbocycles. The lowest BCUT2D eigenvalue weighted by Crippen LogP contribution is -2.37. The number of nitro benzene ring substituents is 1. The first-order valence-corrected chi connectivity index (χ1v) is 10.9. The van der Waals surface area contributed by atoms with Crippen LogP contribution in [0.2, 0.25) is 0 Å². The predicted octanol–water partition coefficient (Wildman–Crippen LogP) is 2.93. The summed E-state index contributed by atoms with van der Waals surface area (Å²) in [5, 5.41) is 14.3. The Kier molecular flexibility index (Phi) is 6.78. The molecule has 1 N–H and O–H groups in total. The van der Waals surface area contributed by atoms with Crippen molar-refractivity contribution in [1.82, 2.24) is 14.1 Å². The van der Waals surface area contributed by atoms with Gasteiger partial charge in [-0.15, -0.1) is 11.8 Å². The van der Waals surface area contributed by atoms with Crippen molar-refractivity contribution in [3.63, 3.8) is 0 Å². The number of nitrogens with zero attached hydrogens (tertiary/aromatic N) is 4. The normalized spacial score (nSPS) is 11.2. The third-order valence-electron chi connectivity index (χ3n) is 4.92. The molecule has 2 aromatic heterocycles. The smallest absolute Gasteiger partial charge is 0.321 e. The minimum atomic E-state index is -0.574. The monoisotopic (exact) mass is 457 g/mol. The number of aryl methyl sites for hydroxylation is 1. The first kappa shape index (κ1) is 23.2. The third-order valence-corrected chi connectivity index (χ3v) is 6.02. The summed E-state index contributed by atoms with van der Waals surface area (Å²) in [4.78, 5) is 52.8. The van der Waals surface area contributed by atoms with E-state index in [0.29, 0.717) is 10.8 Å². The molecule has 0 aliphatic heterocycles. The van der Waals surface area contributed by atoms with E-state index < -0.39 is 22.1 Å². The molecule has 0 aliphatic carbocycles. The van der Waals surface area contributed by atoms with E-state index in [1.165, 1.54) is 54.8 Å². The number of amides is 1. The topological polar surface area (TPSA) is 129 Å². The van der Waals surface area contributed by atoms with E-state index in [1.807, 2.05) is 0 Å². The molecule has 0 radical (unpaired) electrons. The van der Waals surface area contributed by atoms with Crippen molar-refractivity contribution < 1.29 is 9.72 Å². The second kappa shape index (κ2) is 9.35. The van der Waals surface area contributed by atoms with Gasteiger partial charge in [0.2, 0.25) is 0 Å². The van der Waals surface area contributed by atoms with Crippen LogP contribution in [-0.2, 0) is 14.1 Å². The maximum Gasteiger partial charge on any atom is 0.332 e. The summed E-state index contributed by atoms with van der Waals surface area (Å²) in [6.07, 6.45) is 2.24. The molecular weight excluding hydrogens is 434 g/mol. The fraction of sp³-hybridized carbons (Fsp3) is 0.333. The molecule has 3 rings (SSSR count). The van der Waals surface area contributed by atoms with E-state index in [4.69, 9.17) is 0 Å². The SMILES string of the molecule is CC(C)CCSc1ccc(C(=O)Nc2cnc3c(c2)c(=O)n(C)c(=O)n3C)cc1[N+](=O)[O-]. The van der Waals surface area contributed by atoms with E-state index in [2.05, 4.69) is 24.1 Å². The van der Waals surface area contributed by atoms with Crippen molar-refractivity contribution in [2.75, 3.05) is 11.1 Å². The second-order valence-corrected chi connectivity index (χ2v) is 8.86. The van der Waals surface area contributed by atoms with Crippen LogP contribution in [0.3, 0.4) is 0 Å². The van der Waals surface area contributed by atoms with E-state index in [-0.39, 0.29) is 28.0 Å². The molecule has 0 saturated heterocycles. The molecule has 0 unspecified atom stereocenters. The lowest BCUT2D eigenvalue weighted by Gasteiger charge is -2.10. The summed E-state index contributed by atoms with van der Waals surface area (Å²) in [6.45, 7) is 4.17. The molecule has 2 heterocycles. The number of fused-ring (bicyclic) bond motifs is 1. The number of carbonyl (C=O) groups excluding carboxylic acids is 1. The number of nitro groups is 1. The molecule has 10 nitrogen and oxygen atoms in total. The summed E-state index contributed by atoms with van der Waals surface area (Å²) in [5.41, 5.74) is -0.647. The number of benzene rings is 1. The van der Waals surface area contributed by atoms with Gasteiger partial charge >= 0.3 is 5.69 Å². The van der Waals surface area contributed by atoms with Crippen LogP contribution < -0.4 is 16.6 Å². The maximum atomic E-state index is 12.7. The molecule has 0 bridgehead atoms. The summed E-state index contributed by atoms with van der Waals surface area (Å²) < 4.78 is 2.19. The van der Waals surface area contributed by atoms with Gasteiger partial charge in [-0.05, 0) is 36.3 Å². The number of thioether (sulfide) groups is 1. The zero-order valence-electron chi connectivity index (χ0n) is 18.1. The van der Waals surface area contributed by atoms with Gasteiger partial charge in [0.05, 0.1) is 27.1 Å². The molecule has 11 heteroatoms. The zero-order chi connectivity index (χ0) is 23.6. The van der Waals surface area contributed by atoms with Gasteiger partial charge in [-0.25, -0.2) is 9.78 Å². The molecule has 3 aromatic rings. The number of hydrogen-bond acceptors (Lipinski definition) is 7.